The van der Waals surface area contributed by atoms with Crippen LogP contribution in [-0.4, -0.2) is 51.1 Å². The molecule has 7 nitrogen and oxygen atoms in total. The first kappa shape index (κ1) is 23.2. The number of halogens is 1. The molecular weight excluding hydrogens is 462 g/mol. The van der Waals surface area contributed by atoms with Crippen molar-refractivity contribution in [2.75, 3.05) is 24.5 Å². The van der Waals surface area contributed by atoms with Gasteiger partial charge in [-0.1, -0.05) is 41.9 Å². The van der Waals surface area contributed by atoms with E-state index < -0.39 is 0 Å². The number of carbonyl (C=O) groups excluding carboxylic acids is 1. The minimum atomic E-state index is -0.218. The summed E-state index contributed by atoms with van der Waals surface area (Å²) in [5.41, 5.74) is 4.95. The largest absolute Gasteiger partial charge is 0.365 e. The maximum absolute atomic E-state index is 13.5. The van der Waals surface area contributed by atoms with Crippen LogP contribution in [0.25, 0.3) is 5.65 Å². The second kappa shape index (κ2) is 9.23. The van der Waals surface area contributed by atoms with Gasteiger partial charge in [-0.25, -0.2) is 9.50 Å². The van der Waals surface area contributed by atoms with Gasteiger partial charge in [0.2, 0.25) is 0 Å². The van der Waals surface area contributed by atoms with E-state index in [1.807, 2.05) is 23.1 Å². The number of aryl methyl sites for hydroxylation is 2. The topological polar surface area (TPSA) is 73.7 Å². The predicted molar refractivity (Wildman–Crippen MR) is 139 cm³/mol. The molecule has 35 heavy (non-hydrogen) atoms. The lowest BCUT2D eigenvalue weighted by atomic mass is 10.0. The molecule has 1 atom stereocenters. The monoisotopic (exact) mass is 489 g/mol. The van der Waals surface area contributed by atoms with Crippen molar-refractivity contribution in [3.63, 3.8) is 0 Å². The number of rotatable bonds is 4. The highest BCUT2D eigenvalue weighted by molar-refractivity contribution is 6.31. The van der Waals surface area contributed by atoms with Crippen LogP contribution in [0, 0.1) is 13.8 Å². The summed E-state index contributed by atoms with van der Waals surface area (Å²) < 4.78 is 1.36. The highest BCUT2D eigenvalue weighted by Crippen LogP contribution is 2.24. The van der Waals surface area contributed by atoms with Gasteiger partial charge in [0, 0.05) is 60.3 Å². The van der Waals surface area contributed by atoms with Gasteiger partial charge in [0.05, 0.1) is 0 Å². The Morgan fingerprint density at radius 1 is 1.14 bits per heavy atom. The fourth-order valence-corrected chi connectivity index (χ4v) is 5.05. The van der Waals surface area contributed by atoms with Crippen LogP contribution in [0.2, 0.25) is 5.02 Å². The van der Waals surface area contributed by atoms with Crippen LogP contribution in [0.5, 0.6) is 0 Å². The average Bonchev–Trinajstić information content (AvgIpc) is 3.26. The summed E-state index contributed by atoms with van der Waals surface area (Å²) in [6.45, 7) is 7.96. The number of hydrogen-bond acceptors (Lipinski definition) is 4. The molecular formula is C27H28ClN5O2. The van der Waals surface area contributed by atoms with Crippen LogP contribution < -0.4 is 10.5 Å². The number of benzene rings is 2. The first-order chi connectivity index (χ1) is 16.8. The van der Waals surface area contributed by atoms with E-state index in [1.165, 1.54) is 15.8 Å². The lowest BCUT2D eigenvalue weighted by molar-refractivity contribution is 0.0728. The van der Waals surface area contributed by atoms with Crippen LogP contribution in [0.4, 0.5) is 5.69 Å². The number of H-pyrrole nitrogens is 1. The number of carbonyl (C=O) groups is 1. The molecule has 0 saturated carbocycles. The standard InChI is InChI=1S/C27H28ClN5O2/c1-17-7-6-9-21(13-17)32-12-11-31(16-18(32)2)26(34)23-15-29-33-25(23)30-19(3)22(27(33)35)14-20-8-4-5-10-24(20)28/h4-10,13,15,18,29H,11-12,14,16H2,1-3H3/t18-/m0/s1. The zero-order chi connectivity index (χ0) is 24.7. The summed E-state index contributed by atoms with van der Waals surface area (Å²) in [4.78, 5) is 35.6. The molecule has 0 radical (unpaired) electrons. The molecule has 1 saturated heterocycles. The number of fused-ring (bicyclic) bond motifs is 1. The van der Waals surface area contributed by atoms with Gasteiger partial charge in [-0.05, 0) is 50.1 Å². The van der Waals surface area contributed by atoms with Crippen molar-refractivity contribution >= 4 is 28.8 Å². The van der Waals surface area contributed by atoms with E-state index in [2.05, 4.69) is 53.1 Å². The third-order valence-corrected chi connectivity index (χ3v) is 7.13. The minimum Gasteiger partial charge on any atom is -0.365 e. The Morgan fingerprint density at radius 2 is 1.94 bits per heavy atom. The second-order valence-electron chi connectivity index (χ2n) is 9.23. The zero-order valence-corrected chi connectivity index (χ0v) is 20.8. The third kappa shape index (κ3) is 4.32. The van der Waals surface area contributed by atoms with Gasteiger partial charge in [0.25, 0.3) is 11.5 Å². The van der Waals surface area contributed by atoms with Crippen molar-refractivity contribution in [3.05, 3.63) is 98.1 Å². The van der Waals surface area contributed by atoms with E-state index in [4.69, 9.17) is 11.6 Å². The van der Waals surface area contributed by atoms with E-state index in [9.17, 15) is 9.59 Å². The van der Waals surface area contributed by atoms with Crippen LogP contribution in [0.15, 0.2) is 59.5 Å². The summed E-state index contributed by atoms with van der Waals surface area (Å²) in [6.07, 6.45) is 1.96. The number of nitrogens with one attached hydrogen (secondary N) is 1. The summed E-state index contributed by atoms with van der Waals surface area (Å²) in [7, 11) is 0. The summed E-state index contributed by atoms with van der Waals surface area (Å²) in [5.74, 6) is -0.121. The molecule has 0 aliphatic carbocycles. The number of aromatic nitrogens is 3. The fourth-order valence-electron chi connectivity index (χ4n) is 4.85. The van der Waals surface area contributed by atoms with Crippen molar-refractivity contribution in [1.82, 2.24) is 19.5 Å². The molecule has 2 aromatic carbocycles. The van der Waals surface area contributed by atoms with Gasteiger partial charge >= 0.3 is 0 Å². The molecule has 1 amide bonds. The van der Waals surface area contributed by atoms with Crippen molar-refractivity contribution in [2.24, 2.45) is 0 Å². The Kier molecular flexibility index (Phi) is 6.11. The first-order valence-corrected chi connectivity index (χ1v) is 12.2. The van der Waals surface area contributed by atoms with Crippen LogP contribution in [0.1, 0.15) is 39.7 Å². The summed E-state index contributed by atoms with van der Waals surface area (Å²) in [6, 6.07) is 16.1. The molecule has 0 unspecified atom stereocenters. The molecule has 3 heterocycles. The molecule has 8 heteroatoms. The molecule has 1 fully saturated rings. The predicted octanol–water partition coefficient (Wildman–Crippen LogP) is 4.23. The molecule has 0 bridgehead atoms. The molecule has 4 aromatic rings. The van der Waals surface area contributed by atoms with Gasteiger partial charge in [0.1, 0.15) is 5.56 Å². The normalized spacial score (nSPS) is 16.2. The Hall–Kier alpha value is -3.58. The van der Waals surface area contributed by atoms with Gasteiger partial charge in [-0.15, -0.1) is 0 Å². The van der Waals surface area contributed by atoms with E-state index in [0.717, 1.165) is 12.1 Å². The number of hydrogen-bond donors (Lipinski definition) is 1. The molecule has 0 spiro atoms. The van der Waals surface area contributed by atoms with E-state index in [-0.39, 0.29) is 17.5 Å². The molecule has 5 rings (SSSR count). The van der Waals surface area contributed by atoms with Gasteiger partial charge < -0.3 is 9.80 Å². The third-order valence-electron chi connectivity index (χ3n) is 6.77. The maximum atomic E-state index is 13.5. The van der Waals surface area contributed by atoms with Crippen molar-refractivity contribution < 1.29 is 4.79 Å². The molecule has 180 valence electrons. The van der Waals surface area contributed by atoms with Crippen molar-refractivity contribution in [1.29, 1.82) is 0 Å². The molecule has 1 aliphatic rings. The Morgan fingerprint density at radius 3 is 2.69 bits per heavy atom. The van der Waals surface area contributed by atoms with Gasteiger partial charge in [-0.2, -0.15) is 0 Å². The highest BCUT2D eigenvalue weighted by atomic mass is 35.5. The number of aromatic amines is 1. The SMILES string of the molecule is Cc1cccc(N2CCN(C(=O)c3c[nH]n4c(=O)c(Cc5ccccc5Cl)c(C)nc34)C[C@@H]2C)c1. The fraction of sp³-hybridized carbons (Fsp3) is 0.296. The van der Waals surface area contributed by atoms with Gasteiger partial charge in [-0.3, -0.25) is 14.7 Å². The van der Waals surface area contributed by atoms with E-state index in [0.29, 0.717) is 47.0 Å². The average molecular weight is 490 g/mol. The number of piperazine rings is 1. The number of amides is 1. The van der Waals surface area contributed by atoms with E-state index in [1.54, 1.807) is 19.2 Å². The van der Waals surface area contributed by atoms with Crippen LogP contribution in [0.3, 0.4) is 0 Å². The Bertz CT molecular complexity index is 1470. The van der Waals surface area contributed by atoms with Crippen molar-refractivity contribution in [3.8, 4) is 0 Å². The zero-order valence-electron chi connectivity index (χ0n) is 20.1. The molecule has 1 aliphatic heterocycles. The summed E-state index contributed by atoms with van der Waals surface area (Å²) >= 11 is 6.31. The van der Waals surface area contributed by atoms with Crippen molar-refractivity contribution in [2.45, 2.75) is 33.2 Å². The lowest BCUT2D eigenvalue weighted by Crippen LogP contribution is -2.53. The highest BCUT2D eigenvalue weighted by Gasteiger charge is 2.29. The number of anilines is 1. The quantitative estimate of drug-likeness (QED) is 0.465. The first-order valence-electron chi connectivity index (χ1n) is 11.8. The minimum absolute atomic E-state index is 0.121. The Balaban J connectivity index is 1.40. The Labute approximate surface area is 208 Å². The second-order valence-corrected chi connectivity index (χ2v) is 9.64. The lowest BCUT2D eigenvalue weighted by Gasteiger charge is -2.41. The van der Waals surface area contributed by atoms with Gasteiger partial charge in [0.15, 0.2) is 5.65 Å². The number of nitrogens with zero attached hydrogens (tertiary/aromatic N) is 4. The molecule has 1 N–H and O–H groups in total. The van der Waals surface area contributed by atoms with Crippen LogP contribution in [-0.2, 0) is 6.42 Å². The van der Waals surface area contributed by atoms with Crippen LogP contribution >= 0.6 is 11.6 Å². The smallest absolute Gasteiger partial charge is 0.276 e. The maximum Gasteiger partial charge on any atom is 0.276 e. The molecule has 2 aromatic heterocycles. The summed E-state index contributed by atoms with van der Waals surface area (Å²) in [5, 5.41) is 3.56. The van der Waals surface area contributed by atoms with E-state index >= 15 is 0 Å².